The van der Waals surface area contributed by atoms with Gasteiger partial charge in [0.25, 0.3) is 0 Å². The molecule has 0 aliphatic carbocycles. The van der Waals surface area contributed by atoms with Crippen LogP contribution in [0.25, 0.3) is 0 Å². The summed E-state index contributed by atoms with van der Waals surface area (Å²) < 4.78 is 0. The molecule has 0 aromatic heterocycles. The standard InChI is InChI=1S/C13H29N3/c1-5-13(6-2,11-14)16(4)10-12-7-8-15(3)9-12/h12H,5-11,14H2,1-4H3. The minimum absolute atomic E-state index is 0.223. The first-order valence-corrected chi connectivity index (χ1v) is 6.67. The Morgan fingerprint density at radius 3 is 2.38 bits per heavy atom. The molecule has 0 spiro atoms. The zero-order valence-corrected chi connectivity index (χ0v) is 11.5. The van der Waals surface area contributed by atoms with Crippen LogP contribution in [0.5, 0.6) is 0 Å². The molecule has 2 N–H and O–H groups in total. The van der Waals surface area contributed by atoms with Gasteiger partial charge in [-0.2, -0.15) is 0 Å². The predicted molar refractivity (Wildman–Crippen MR) is 70.6 cm³/mol. The summed E-state index contributed by atoms with van der Waals surface area (Å²) in [7, 11) is 4.47. The molecule has 1 rings (SSSR count). The van der Waals surface area contributed by atoms with Gasteiger partial charge in [0, 0.05) is 25.2 Å². The lowest BCUT2D eigenvalue weighted by molar-refractivity contribution is 0.0977. The molecule has 3 nitrogen and oxygen atoms in total. The zero-order chi connectivity index (χ0) is 12.2. The van der Waals surface area contributed by atoms with E-state index in [0.717, 1.165) is 25.3 Å². The van der Waals surface area contributed by atoms with Gasteiger partial charge in [0.1, 0.15) is 0 Å². The van der Waals surface area contributed by atoms with Crippen molar-refractivity contribution in [2.75, 3.05) is 40.3 Å². The van der Waals surface area contributed by atoms with Crippen molar-refractivity contribution in [2.24, 2.45) is 11.7 Å². The molecule has 0 bridgehead atoms. The lowest BCUT2D eigenvalue weighted by Gasteiger charge is -2.41. The number of nitrogens with zero attached hydrogens (tertiary/aromatic N) is 2. The van der Waals surface area contributed by atoms with Crippen molar-refractivity contribution in [1.82, 2.24) is 9.80 Å². The average molecular weight is 227 g/mol. The molecular formula is C13H29N3. The van der Waals surface area contributed by atoms with E-state index in [1.165, 1.54) is 26.1 Å². The Kier molecular flexibility index (Phi) is 5.22. The van der Waals surface area contributed by atoms with Crippen LogP contribution in [-0.4, -0.2) is 55.6 Å². The molecule has 0 aromatic carbocycles. The summed E-state index contributed by atoms with van der Waals surface area (Å²) in [5.74, 6) is 0.832. The summed E-state index contributed by atoms with van der Waals surface area (Å²) in [5, 5.41) is 0. The highest BCUT2D eigenvalue weighted by Gasteiger charge is 2.32. The molecule has 1 aliphatic heterocycles. The fourth-order valence-corrected chi connectivity index (χ4v) is 2.99. The third-order valence-corrected chi connectivity index (χ3v) is 4.53. The molecule has 1 fully saturated rings. The first-order chi connectivity index (χ1) is 7.57. The van der Waals surface area contributed by atoms with Crippen molar-refractivity contribution >= 4 is 0 Å². The van der Waals surface area contributed by atoms with Crippen LogP contribution < -0.4 is 5.73 Å². The highest BCUT2D eigenvalue weighted by Crippen LogP contribution is 2.24. The fraction of sp³-hybridized carbons (Fsp3) is 1.00. The molecule has 1 heterocycles. The third-order valence-electron chi connectivity index (χ3n) is 4.53. The number of likely N-dealkylation sites (N-methyl/N-ethyl adjacent to an activating group) is 1. The highest BCUT2D eigenvalue weighted by molar-refractivity contribution is 4.89. The van der Waals surface area contributed by atoms with E-state index in [1.807, 2.05) is 0 Å². The van der Waals surface area contributed by atoms with E-state index in [4.69, 9.17) is 5.73 Å². The molecule has 16 heavy (non-hydrogen) atoms. The molecule has 1 unspecified atom stereocenters. The number of likely N-dealkylation sites (tertiary alicyclic amines) is 1. The fourth-order valence-electron chi connectivity index (χ4n) is 2.99. The molecule has 1 atom stereocenters. The maximum atomic E-state index is 5.98. The van der Waals surface area contributed by atoms with Crippen molar-refractivity contribution in [2.45, 2.75) is 38.6 Å². The van der Waals surface area contributed by atoms with Gasteiger partial charge in [-0.1, -0.05) is 13.8 Å². The molecule has 0 aromatic rings. The molecule has 1 saturated heterocycles. The Bertz CT molecular complexity index is 193. The first-order valence-electron chi connectivity index (χ1n) is 6.67. The van der Waals surface area contributed by atoms with Crippen molar-refractivity contribution < 1.29 is 0 Å². The molecule has 96 valence electrons. The Morgan fingerprint density at radius 1 is 1.38 bits per heavy atom. The van der Waals surface area contributed by atoms with Crippen molar-refractivity contribution in [1.29, 1.82) is 0 Å². The van der Waals surface area contributed by atoms with Crippen LogP contribution in [0.2, 0.25) is 0 Å². The van der Waals surface area contributed by atoms with Gasteiger partial charge in [-0.3, -0.25) is 4.90 Å². The van der Waals surface area contributed by atoms with Crippen molar-refractivity contribution in [3.63, 3.8) is 0 Å². The van der Waals surface area contributed by atoms with Crippen molar-refractivity contribution in [3.8, 4) is 0 Å². The zero-order valence-electron chi connectivity index (χ0n) is 11.5. The Labute approximate surface area is 101 Å². The monoisotopic (exact) mass is 227 g/mol. The number of nitrogens with two attached hydrogens (primary N) is 1. The van der Waals surface area contributed by atoms with Crippen LogP contribution in [0.1, 0.15) is 33.1 Å². The van der Waals surface area contributed by atoms with Crippen molar-refractivity contribution in [3.05, 3.63) is 0 Å². The summed E-state index contributed by atoms with van der Waals surface area (Å²) in [6.45, 7) is 8.99. The van der Waals surface area contributed by atoms with Crippen LogP contribution in [0, 0.1) is 5.92 Å². The Morgan fingerprint density at radius 2 is 2.00 bits per heavy atom. The van der Waals surface area contributed by atoms with E-state index in [1.54, 1.807) is 0 Å². The molecule has 1 aliphatic rings. The number of rotatable bonds is 6. The number of hydrogen-bond acceptors (Lipinski definition) is 3. The second-order valence-corrected chi connectivity index (χ2v) is 5.43. The maximum Gasteiger partial charge on any atom is 0.0323 e. The maximum absolute atomic E-state index is 5.98. The predicted octanol–water partition coefficient (Wildman–Crippen LogP) is 1.39. The van der Waals surface area contributed by atoms with Crippen LogP contribution in [0.4, 0.5) is 0 Å². The van der Waals surface area contributed by atoms with Crippen LogP contribution in [0.3, 0.4) is 0 Å². The molecule has 3 heteroatoms. The van der Waals surface area contributed by atoms with Gasteiger partial charge in [-0.25, -0.2) is 0 Å². The lowest BCUT2D eigenvalue weighted by atomic mass is 9.90. The van der Waals surface area contributed by atoms with E-state index in [0.29, 0.717) is 0 Å². The molecule has 0 radical (unpaired) electrons. The van der Waals surface area contributed by atoms with Crippen LogP contribution in [0.15, 0.2) is 0 Å². The second kappa shape index (κ2) is 5.99. The smallest absolute Gasteiger partial charge is 0.0323 e. The lowest BCUT2D eigenvalue weighted by Crippen LogP contribution is -2.52. The molecule has 0 amide bonds. The molecular weight excluding hydrogens is 198 g/mol. The summed E-state index contributed by atoms with van der Waals surface area (Å²) in [5.41, 5.74) is 6.20. The van der Waals surface area contributed by atoms with Crippen LogP contribution >= 0.6 is 0 Å². The van der Waals surface area contributed by atoms with E-state index in [-0.39, 0.29) is 5.54 Å². The summed E-state index contributed by atoms with van der Waals surface area (Å²) >= 11 is 0. The first kappa shape index (κ1) is 13.9. The van der Waals surface area contributed by atoms with E-state index in [9.17, 15) is 0 Å². The Balaban J connectivity index is 2.52. The summed E-state index contributed by atoms with van der Waals surface area (Å²) in [4.78, 5) is 4.94. The minimum atomic E-state index is 0.223. The van der Waals surface area contributed by atoms with Gasteiger partial charge in [-0.05, 0) is 45.8 Å². The minimum Gasteiger partial charge on any atom is -0.329 e. The summed E-state index contributed by atoms with van der Waals surface area (Å²) in [6.07, 6.45) is 3.65. The average Bonchev–Trinajstić information content (AvgIpc) is 2.67. The quantitative estimate of drug-likeness (QED) is 0.744. The van der Waals surface area contributed by atoms with Gasteiger partial charge < -0.3 is 10.6 Å². The van der Waals surface area contributed by atoms with Gasteiger partial charge in [0.05, 0.1) is 0 Å². The SMILES string of the molecule is CCC(CC)(CN)N(C)CC1CCN(C)C1. The van der Waals surface area contributed by atoms with Gasteiger partial charge in [-0.15, -0.1) is 0 Å². The van der Waals surface area contributed by atoms with Crippen LogP contribution in [-0.2, 0) is 0 Å². The largest absolute Gasteiger partial charge is 0.329 e. The van der Waals surface area contributed by atoms with Gasteiger partial charge in [0.2, 0.25) is 0 Å². The second-order valence-electron chi connectivity index (χ2n) is 5.43. The normalized spacial score (nSPS) is 23.2. The topological polar surface area (TPSA) is 32.5 Å². The summed E-state index contributed by atoms with van der Waals surface area (Å²) in [6, 6.07) is 0. The van der Waals surface area contributed by atoms with E-state index < -0.39 is 0 Å². The Hall–Kier alpha value is -0.120. The highest BCUT2D eigenvalue weighted by atomic mass is 15.2. The third kappa shape index (κ3) is 2.96. The van der Waals surface area contributed by atoms with E-state index >= 15 is 0 Å². The molecule has 0 saturated carbocycles. The number of hydrogen-bond donors (Lipinski definition) is 1. The van der Waals surface area contributed by atoms with E-state index in [2.05, 4.69) is 37.7 Å². The van der Waals surface area contributed by atoms with Gasteiger partial charge in [0.15, 0.2) is 0 Å². The van der Waals surface area contributed by atoms with Gasteiger partial charge >= 0.3 is 0 Å².